The molecule has 0 spiro atoms. The zero-order valence-corrected chi connectivity index (χ0v) is 14.8. The van der Waals surface area contributed by atoms with Gasteiger partial charge in [0.05, 0.1) is 19.2 Å². The standard InChI is InChI=1S/C16H24N4O2S/c1-11(2)16-19-18-14(22-16)8-20(7-13-5-4-6-21-13)9-15-17-12(3)10-23-15/h10-11,13H,4-9H2,1-3H3. The van der Waals surface area contributed by atoms with E-state index in [4.69, 9.17) is 9.15 Å². The highest BCUT2D eigenvalue weighted by Crippen LogP contribution is 2.19. The Labute approximate surface area is 140 Å². The van der Waals surface area contributed by atoms with Gasteiger partial charge in [0.1, 0.15) is 5.01 Å². The normalized spacial score (nSPS) is 18.4. The molecule has 0 bridgehead atoms. The molecule has 0 aliphatic carbocycles. The largest absolute Gasteiger partial charge is 0.424 e. The fourth-order valence-electron chi connectivity index (χ4n) is 2.68. The average Bonchev–Trinajstić information content (AvgIpc) is 3.22. The summed E-state index contributed by atoms with van der Waals surface area (Å²) in [6, 6.07) is 0. The van der Waals surface area contributed by atoms with Crippen LogP contribution in [0.4, 0.5) is 0 Å². The van der Waals surface area contributed by atoms with Crippen molar-refractivity contribution in [2.75, 3.05) is 13.2 Å². The summed E-state index contributed by atoms with van der Waals surface area (Å²) in [4.78, 5) is 6.87. The quantitative estimate of drug-likeness (QED) is 0.774. The van der Waals surface area contributed by atoms with Crippen molar-refractivity contribution >= 4 is 11.3 Å². The SMILES string of the molecule is Cc1csc(CN(Cc2nnc(C(C)C)o2)CC2CCCO2)n1. The van der Waals surface area contributed by atoms with Crippen molar-refractivity contribution < 1.29 is 9.15 Å². The molecular formula is C16H24N4O2S. The maximum atomic E-state index is 5.78. The van der Waals surface area contributed by atoms with Gasteiger partial charge in [-0.15, -0.1) is 21.5 Å². The van der Waals surface area contributed by atoms with Crippen molar-refractivity contribution in [3.8, 4) is 0 Å². The number of nitrogens with zero attached hydrogens (tertiary/aromatic N) is 4. The molecule has 1 atom stereocenters. The van der Waals surface area contributed by atoms with Gasteiger partial charge in [0.15, 0.2) is 0 Å². The molecule has 0 N–H and O–H groups in total. The molecule has 1 unspecified atom stereocenters. The Morgan fingerprint density at radius 3 is 2.83 bits per heavy atom. The summed E-state index contributed by atoms with van der Waals surface area (Å²) in [6.45, 7) is 9.30. The number of hydrogen-bond acceptors (Lipinski definition) is 7. The summed E-state index contributed by atoms with van der Waals surface area (Å²) < 4.78 is 11.5. The summed E-state index contributed by atoms with van der Waals surface area (Å²) in [5.41, 5.74) is 1.07. The van der Waals surface area contributed by atoms with E-state index in [1.54, 1.807) is 11.3 Å². The van der Waals surface area contributed by atoms with Crippen LogP contribution in [0, 0.1) is 6.92 Å². The van der Waals surface area contributed by atoms with E-state index in [1.165, 1.54) is 0 Å². The van der Waals surface area contributed by atoms with Crippen molar-refractivity contribution in [2.24, 2.45) is 0 Å². The summed E-state index contributed by atoms with van der Waals surface area (Å²) in [5, 5.41) is 11.5. The second-order valence-corrected chi connectivity index (χ2v) is 7.32. The van der Waals surface area contributed by atoms with Crippen LogP contribution >= 0.6 is 11.3 Å². The summed E-state index contributed by atoms with van der Waals surface area (Å²) in [7, 11) is 0. The second kappa shape index (κ2) is 7.51. The average molecular weight is 336 g/mol. The highest BCUT2D eigenvalue weighted by Gasteiger charge is 2.22. The van der Waals surface area contributed by atoms with Crippen molar-refractivity contribution in [2.45, 2.75) is 58.7 Å². The fourth-order valence-corrected chi connectivity index (χ4v) is 3.50. The minimum Gasteiger partial charge on any atom is -0.424 e. The highest BCUT2D eigenvalue weighted by molar-refractivity contribution is 7.09. The van der Waals surface area contributed by atoms with Gasteiger partial charge < -0.3 is 9.15 Å². The lowest BCUT2D eigenvalue weighted by Crippen LogP contribution is -2.31. The molecule has 0 amide bonds. The van der Waals surface area contributed by atoms with Crippen LogP contribution in [0.1, 0.15) is 55.1 Å². The fraction of sp³-hybridized carbons (Fsp3) is 0.688. The van der Waals surface area contributed by atoms with Crippen LogP contribution in [-0.4, -0.2) is 39.3 Å². The van der Waals surface area contributed by atoms with E-state index >= 15 is 0 Å². The first kappa shape index (κ1) is 16.5. The third-order valence-electron chi connectivity index (χ3n) is 3.85. The van der Waals surface area contributed by atoms with E-state index in [0.717, 1.165) is 43.2 Å². The molecule has 0 aromatic carbocycles. The molecule has 1 aliphatic rings. The van der Waals surface area contributed by atoms with E-state index in [2.05, 4.69) is 39.3 Å². The van der Waals surface area contributed by atoms with E-state index < -0.39 is 0 Å². The molecule has 1 saturated heterocycles. The molecule has 1 fully saturated rings. The van der Waals surface area contributed by atoms with E-state index in [9.17, 15) is 0 Å². The lowest BCUT2D eigenvalue weighted by atomic mass is 10.2. The number of aryl methyl sites for hydroxylation is 1. The smallest absolute Gasteiger partial charge is 0.230 e. The van der Waals surface area contributed by atoms with Gasteiger partial charge in [-0.2, -0.15) is 0 Å². The van der Waals surface area contributed by atoms with Crippen LogP contribution in [-0.2, 0) is 17.8 Å². The molecule has 126 valence electrons. The van der Waals surface area contributed by atoms with E-state index in [0.29, 0.717) is 24.4 Å². The molecule has 2 aromatic heterocycles. The van der Waals surface area contributed by atoms with Gasteiger partial charge in [0.2, 0.25) is 11.8 Å². The Hall–Kier alpha value is -1.31. The Balaban J connectivity index is 1.67. The van der Waals surface area contributed by atoms with Gasteiger partial charge >= 0.3 is 0 Å². The summed E-state index contributed by atoms with van der Waals surface area (Å²) >= 11 is 1.70. The highest BCUT2D eigenvalue weighted by atomic mass is 32.1. The van der Waals surface area contributed by atoms with Gasteiger partial charge in [-0.25, -0.2) is 4.98 Å². The Morgan fingerprint density at radius 2 is 2.22 bits per heavy atom. The Kier molecular flexibility index (Phi) is 5.40. The van der Waals surface area contributed by atoms with Crippen molar-refractivity contribution in [1.82, 2.24) is 20.1 Å². The molecule has 7 heteroatoms. The molecular weight excluding hydrogens is 312 g/mol. The van der Waals surface area contributed by atoms with Gasteiger partial charge in [-0.05, 0) is 19.8 Å². The van der Waals surface area contributed by atoms with Gasteiger partial charge in [-0.3, -0.25) is 4.90 Å². The molecule has 3 rings (SSSR count). The third-order valence-corrected chi connectivity index (χ3v) is 4.80. The Morgan fingerprint density at radius 1 is 1.35 bits per heavy atom. The molecule has 0 saturated carbocycles. The topological polar surface area (TPSA) is 64.3 Å². The molecule has 3 heterocycles. The predicted octanol–water partition coefficient (Wildman–Crippen LogP) is 3.14. The third kappa shape index (κ3) is 4.59. The summed E-state index contributed by atoms with van der Waals surface area (Å²) in [6.07, 6.45) is 2.56. The minimum atomic E-state index is 0.254. The first-order valence-electron chi connectivity index (χ1n) is 8.17. The monoisotopic (exact) mass is 336 g/mol. The predicted molar refractivity (Wildman–Crippen MR) is 88.3 cm³/mol. The molecule has 2 aromatic rings. The molecule has 6 nitrogen and oxygen atoms in total. The zero-order valence-electron chi connectivity index (χ0n) is 14.0. The van der Waals surface area contributed by atoms with Crippen molar-refractivity contribution in [1.29, 1.82) is 0 Å². The molecule has 0 radical (unpaired) electrons. The number of rotatable bonds is 7. The first-order chi connectivity index (χ1) is 11.1. The molecule has 1 aliphatic heterocycles. The second-order valence-electron chi connectivity index (χ2n) is 6.38. The number of aromatic nitrogens is 3. The van der Waals surface area contributed by atoms with Crippen LogP contribution in [0.25, 0.3) is 0 Å². The van der Waals surface area contributed by atoms with Crippen molar-refractivity contribution in [3.05, 3.63) is 27.9 Å². The van der Waals surface area contributed by atoms with E-state index in [-0.39, 0.29) is 5.92 Å². The first-order valence-corrected chi connectivity index (χ1v) is 9.05. The van der Waals surface area contributed by atoms with Crippen LogP contribution in [0.15, 0.2) is 9.80 Å². The van der Waals surface area contributed by atoms with Gasteiger partial charge in [0, 0.05) is 30.1 Å². The van der Waals surface area contributed by atoms with Crippen molar-refractivity contribution in [3.63, 3.8) is 0 Å². The minimum absolute atomic E-state index is 0.254. The van der Waals surface area contributed by atoms with Gasteiger partial charge in [0.25, 0.3) is 0 Å². The number of hydrogen-bond donors (Lipinski definition) is 0. The molecule has 23 heavy (non-hydrogen) atoms. The van der Waals surface area contributed by atoms with Crippen LogP contribution in [0.3, 0.4) is 0 Å². The Bertz CT molecular complexity index is 619. The van der Waals surface area contributed by atoms with Gasteiger partial charge in [-0.1, -0.05) is 13.8 Å². The summed E-state index contributed by atoms with van der Waals surface area (Å²) in [5.74, 6) is 1.62. The lowest BCUT2D eigenvalue weighted by Gasteiger charge is -2.22. The lowest BCUT2D eigenvalue weighted by molar-refractivity contribution is 0.0646. The van der Waals surface area contributed by atoms with Crippen LogP contribution in [0.2, 0.25) is 0 Å². The number of ether oxygens (including phenoxy) is 1. The maximum Gasteiger partial charge on any atom is 0.230 e. The van der Waals surface area contributed by atoms with Crippen LogP contribution < -0.4 is 0 Å². The zero-order chi connectivity index (χ0) is 16.2. The number of thiazole rings is 1. The maximum absolute atomic E-state index is 5.78. The van der Waals surface area contributed by atoms with Crippen LogP contribution in [0.5, 0.6) is 0 Å². The van der Waals surface area contributed by atoms with E-state index in [1.807, 2.05) is 6.92 Å².